The number of carbonyl (C=O) groups excluding carboxylic acids is 1. The van der Waals surface area contributed by atoms with Crippen LogP contribution in [-0.2, 0) is 15.8 Å². The predicted octanol–water partition coefficient (Wildman–Crippen LogP) is 7.78. The fourth-order valence-corrected chi connectivity index (χ4v) is 4.64. The van der Waals surface area contributed by atoms with Crippen molar-refractivity contribution in [1.29, 1.82) is 0 Å². The molecule has 204 valence electrons. The van der Waals surface area contributed by atoms with Crippen molar-refractivity contribution < 1.29 is 18.8 Å². The number of anilines is 2. The normalized spacial score (nSPS) is 11.3. The molecule has 7 nitrogen and oxygen atoms in total. The van der Waals surface area contributed by atoms with Gasteiger partial charge in [0.2, 0.25) is 5.91 Å². The zero-order valence-corrected chi connectivity index (χ0v) is 25.0. The van der Waals surface area contributed by atoms with Gasteiger partial charge in [0, 0.05) is 11.1 Å². The minimum atomic E-state index is -1.60. The highest BCUT2D eigenvalue weighted by Gasteiger charge is 2.23. The van der Waals surface area contributed by atoms with Crippen molar-refractivity contribution in [2.24, 2.45) is 5.41 Å². The van der Waals surface area contributed by atoms with E-state index in [1.54, 1.807) is 24.3 Å². The molecule has 3 rings (SSSR count). The Morgan fingerprint density at radius 1 is 1.08 bits per heavy atom. The third-order valence-corrected chi connectivity index (χ3v) is 7.16. The maximum Gasteiger partial charge on any atom is 0.231 e. The number of benzene rings is 2. The van der Waals surface area contributed by atoms with E-state index in [2.05, 4.69) is 28.9 Å². The average Bonchev–Trinajstić information content (AvgIpc) is 3.25. The first kappa shape index (κ1) is 32.1. The van der Waals surface area contributed by atoms with Crippen molar-refractivity contribution in [3.05, 3.63) is 48.2 Å². The Morgan fingerprint density at radius 2 is 1.68 bits per heavy atom. The van der Waals surface area contributed by atoms with Crippen molar-refractivity contribution in [2.45, 2.75) is 73.1 Å². The second-order valence-corrected chi connectivity index (χ2v) is 11.1. The molecule has 0 bridgehead atoms. The van der Waals surface area contributed by atoms with Gasteiger partial charge in [0.25, 0.3) is 0 Å². The van der Waals surface area contributed by atoms with Crippen LogP contribution in [0.5, 0.6) is 11.5 Å². The molecule has 0 saturated carbocycles. The number of hydrogen-bond donors (Lipinski definition) is 3. The Kier molecular flexibility index (Phi) is 13.3. The van der Waals surface area contributed by atoms with Crippen LogP contribution in [0.1, 0.15) is 67.0 Å². The Labute approximate surface area is 228 Å². The highest BCUT2D eigenvalue weighted by molar-refractivity contribution is 7.86. The number of ether oxygens (including phenoxy) is 1. The van der Waals surface area contributed by atoms with Crippen LogP contribution in [0.25, 0.3) is 10.4 Å². The van der Waals surface area contributed by atoms with Crippen molar-refractivity contribution in [3.8, 4) is 21.9 Å². The minimum absolute atomic E-state index is 0.109. The lowest BCUT2D eigenvalue weighted by Gasteiger charge is -2.15. The molecule has 3 aromatic rings. The molecule has 2 aromatic carbocycles. The van der Waals surface area contributed by atoms with E-state index in [4.69, 9.17) is 4.74 Å². The van der Waals surface area contributed by atoms with E-state index in [-0.39, 0.29) is 11.7 Å². The second kappa shape index (κ2) is 15.4. The standard InChI is InChI=1S/C22H25N3O4S2.C4H10.C2H6/c1-13-19(30-21(23-13)24-20(27)22(2,3)4)14-6-11-17(29-5)18(12-14)31(28)25-15-7-9-16(26)10-8-15;1-3-4-2;1-2/h6-12,25-26H,1-5H3,(H,23,24,27);3-4H2,1-2H3;1-2H3. The molecule has 3 N–H and O–H groups in total. The molecule has 0 radical (unpaired) electrons. The van der Waals surface area contributed by atoms with Crippen molar-refractivity contribution >= 4 is 39.0 Å². The van der Waals surface area contributed by atoms with Crippen LogP contribution in [-0.4, -0.2) is 27.3 Å². The number of carbonyl (C=O) groups is 1. The molecule has 0 aliphatic rings. The molecule has 0 aliphatic carbocycles. The van der Waals surface area contributed by atoms with Crippen LogP contribution >= 0.6 is 11.3 Å². The second-order valence-electron chi connectivity index (χ2n) is 8.92. The number of aryl methyl sites for hydroxylation is 1. The van der Waals surface area contributed by atoms with E-state index >= 15 is 0 Å². The number of methoxy groups -OCH3 is 1. The van der Waals surface area contributed by atoms with Gasteiger partial charge in [-0.1, -0.05) is 72.6 Å². The van der Waals surface area contributed by atoms with Gasteiger partial charge >= 0.3 is 0 Å². The number of thiazole rings is 1. The quantitative estimate of drug-likeness (QED) is 0.262. The number of nitrogens with zero attached hydrogens (tertiary/aromatic N) is 1. The van der Waals surface area contributed by atoms with Crippen LogP contribution in [0.3, 0.4) is 0 Å². The lowest BCUT2D eigenvalue weighted by atomic mass is 9.96. The molecule has 0 fully saturated rings. The Morgan fingerprint density at radius 3 is 2.19 bits per heavy atom. The maximum absolute atomic E-state index is 13.0. The zero-order valence-electron chi connectivity index (χ0n) is 23.4. The van der Waals surface area contributed by atoms with Crippen molar-refractivity contribution in [2.75, 3.05) is 17.1 Å². The lowest BCUT2D eigenvalue weighted by molar-refractivity contribution is -0.123. The van der Waals surface area contributed by atoms with E-state index in [1.807, 2.05) is 47.6 Å². The first-order chi connectivity index (χ1) is 17.5. The van der Waals surface area contributed by atoms with E-state index < -0.39 is 16.4 Å². The third-order valence-electron chi connectivity index (χ3n) is 4.90. The molecular weight excluding hydrogens is 506 g/mol. The SMILES string of the molecule is CC.CCCC.COc1ccc(-c2sc(NC(=O)C(C)(C)C)nc2C)cc1S(=O)Nc1ccc(O)cc1. The Balaban J connectivity index is 0.00000104. The van der Waals surface area contributed by atoms with Gasteiger partial charge in [-0.2, -0.15) is 0 Å². The Hall–Kier alpha value is -2.91. The molecule has 0 saturated heterocycles. The van der Waals surface area contributed by atoms with Crippen LogP contribution in [0.4, 0.5) is 10.8 Å². The Bertz CT molecular complexity index is 1150. The van der Waals surface area contributed by atoms with Gasteiger partial charge in [0.15, 0.2) is 16.1 Å². The fourth-order valence-electron chi connectivity index (χ4n) is 2.66. The number of amides is 1. The molecule has 1 amide bonds. The molecule has 1 atom stereocenters. The van der Waals surface area contributed by atoms with E-state index in [0.29, 0.717) is 21.5 Å². The summed E-state index contributed by atoms with van der Waals surface area (Å²) in [7, 11) is -0.0772. The molecule has 1 heterocycles. The summed E-state index contributed by atoms with van der Waals surface area (Å²) in [6, 6.07) is 11.7. The van der Waals surface area contributed by atoms with Crippen LogP contribution in [0.15, 0.2) is 47.4 Å². The minimum Gasteiger partial charge on any atom is -0.508 e. The highest BCUT2D eigenvalue weighted by atomic mass is 32.2. The molecule has 1 unspecified atom stereocenters. The first-order valence-electron chi connectivity index (χ1n) is 12.4. The molecular formula is C28H41N3O4S2. The molecule has 9 heteroatoms. The van der Waals surface area contributed by atoms with Crippen molar-refractivity contribution in [3.63, 3.8) is 0 Å². The highest BCUT2D eigenvalue weighted by Crippen LogP contribution is 2.36. The summed E-state index contributed by atoms with van der Waals surface area (Å²) in [5, 5.41) is 12.8. The van der Waals surface area contributed by atoms with Gasteiger partial charge in [-0.05, 0) is 55.0 Å². The summed E-state index contributed by atoms with van der Waals surface area (Å²) in [5.41, 5.74) is 1.67. The monoisotopic (exact) mass is 547 g/mol. The summed E-state index contributed by atoms with van der Waals surface area (Å²) in [4.78, 5) is 18.1. The largest absolute Gasteiger partial charge is 0.508 e. The van der Waals surface area contributed by atoms with E-state index in [9.17, 15) is 14.1 Å². The number of aromatic hydroxyl groups is 1. The maximum atomic E-state index is 13.0. The summed E-state index contributed by atoms with van der Waals surface area (Å²) >= 11 is 1.37. The molecule has 0 spiro atoms. The molecule has 37 heavy (non-hydrogen) atoms. The van der Waals surface area contributed by atoms with E-state index in [1.165, 1.54) is 43.4 Å². The summed E-state index contributed by atoms with van der Waals surface area (Å²) in [5.74, 6) is 0.505. The van der Waals surface area contributed by atoms with Crippen LogP contribution in [0, 0.1) is 12.3 Å². The molecule has 1 aromatic heterocycles. The van der Waals surface area contributed by atoms with Gasteiger partial charge in [-0.25, -0.2) is 9.19 Å². The van der Waals surface area contributed by atoms with Gasteiger partial charge < -0.3 is 19.9 Å². The average molecular weight is 548 g/mol. The number of aromatic nitrogens is 1. The van der Waals surface area contributed by atoms with Gasteiger partial charge in [-0.3, -0.25) is 4.79 Å². The number of hydrogen-bond acceptors (Lipinski definition) is 6. The van der Waals surface area contributed by atoms with Crippen LogP contribution < -0.4 is 14.8 Å². The van der Waals surface area contributed by atoms with Gasteiger partial charge in [0.05, 0.1) is 17.7 Å². The number of unbranched alkanes of at least 4 members (excludes halogenated alkanes) is 1. The van der Waals surface area contributed by atoms with E-state index in [0.717, 1.165) is 16.1 Å². The number of phenolic OH excluding ortho intramolecular Hbond substituents is 1. The topological polar surface area (TPSA) is 101 Å². The number of nitrogens with one attached hydrogen (secondary N) is 2. The predicted molar refractivity (Wildman–Crippen MR) is 157 cm³/mol. The number of rotatable bonds is 7. The third kappa shape index (κ3) is 9.81. The summed E-state index contributed by atoms with van der Waals surface area (Å²) in [6.07, 6.45) is 2.64. The number of phenols is 1. The molecule has 0 aliphatic heterocycles. The fraction of sp³-hybridized carbons (Fsp3) is 0.429. The summed E-state index contributed by atoms with van der Waals surface area (Å²) < 4.78 is 21.3. The smallest absolute Gasteiger partial charge is 0.231 e. The van der Waals surface area contributed by atoms with Crippen LogP contribution in [0.2, 0.25) is 0 Å². The van der Waals surface area contributed by atoms with Gasteiger partial charge in [0.1, 0.15) is 16.4 Å². The lowest BCUT2D eigenvalue weighted by Crippen LogP contribution is -2.27. The zero-order chi connectivity index (χ0) is 28.2. The first-order valence-corrected chi connectivity index (χ1v) is 14.4. The summed E-state index contributed by atoms with van der Waals surface area (Å²) in [6.45, 7) is 15.8. The van der Waals surface area contributed by atoms with Crippen molar-refractivity contribution in [1.82, 2.24) is 4.98 Å². The van der Waals surface area contributed by atoms with Gasteiger partial charge in [-0.15, -0.1) is 0 Å².